The van der Waals surface area contributed by atoms with Gasteiger partial charge in [0, 0.05) is 5.56 Å². The quantitative estimate of drug-likeness (QED) is 0.504. The van der Waals surface area contributed by atoms with Crippen LogP contribution in [-0.4, -0.2) is 5.24 Å². The van der Waals surface area contributed by atoms with Gasteiger partial charge in [0.2, 0.25) is 0 Å². The summed E-state index contributed by atoms with van der Waals surface area (Å²) in [5.41, 5.74) is 0.486. The van der Waals surface area contributed by atoms with E-state index in [1.165, 1.54) is 18.2 Å². The van der Waals surface area contributed by atoms with Crippen molar-refractivity contribution in [1.29, 1.82) is 0 Å². The second-order valence-corrected chi connectivity index (χ2v) is 2.26. The van der Waals surface area contributed by atoms with Crippen LogP contribution in [0.3, 0.4) is 0 Å². The Hall–Kier alpha value is -1.22. The second-order valence-electron chi connectivity index (χ2n) is 1.92. The van der Waals surface area contributed by atoms with Crippen LogP contribution in [0.15, 0.2) is 29.4 Å². The average Bonchev–Trinajstić information content (AvgIpc) is 2.05. The minimum Gasteiger partial charge on any atom is -0.276 e. The summed E-state index contributed by atoms with van der Waals surface area (Å²) in [5.74, 6) is 0. The van der Waals surface area contributed by atoms with Crippen LogP contribution in [0.2, 0.25) is 0 Å². The lowest BCUT2D eigenvalue weighted by atomic mass is 10.2. The number of nitrogens with zero attached hydrogens (tertiary/aromatic N) is 1. The average molecular weight is 170 g/mol. The second kappa shape index (κ2) is 3.25. The smallest absolute Gasteiger partial charge is 0.252 e. The van der Waals surface area contributed by atoms with Crippen molar-refractivity contribution in [2.75, 3.05) is 0 Å². The summed E-state index contributed by atoms with van der Waals surface area (Å²) in [7, 11) is 0. The highest BCUT2D eigenvalue weighted by Crippen LogP contribution is 2.14. The fourth-order valence-corrected chi connectivity index (χ4v) is 0.803. The van der Waals surface area contributed by atoms with Gasteiger partial charge in [-0.2, -0.15) is 0 Å². The number of halogens is 1. The van der Waals surface area contributed by atoms with E-state index in [0.29, 0.717) is 0 Å². The third-order valence-electron chi connectivity index (χ3n) is 1.18. The molecule has 11 heavy (non-hydrogen) atoms. The van der Waals surface area contributed by atoms with Crippen LogP contribution in [0.4, 0.5) is 5.69 Å². The lowest BCUT2D eigenvalue weighted by molar-refractivity contribution is 0.108. The molecule has 0 fully saturated rings. The molecule has 0 amide bonds. The minimum absolute atomic E-state index is 0.205. The first kappa shape index (κ1) is 7.88. The molecule has 56 valence electrons. The summed E-state index contributed by atoms with van der Waals surface area (Å²) in [6, 6.07) is 5.90. The number of nitroso groups, excluding NO2 is 1. The molecule has 0 heterocycles. The molecule has 0 spiro atoms. The minimum atomic E-state index is -0.587. The largest absolute Gasteiger partial charge is 0.276 e. The highest BCUT2D eigenvalue weighted by molar-refractivity contribution is 6.67. The number of benzene rings is 1. The molecule has 0 radical (unpaired) electrons. The van der Waals surface area contributed by atoms with Crippen LogP contribution in [0.25, 0.3) is 0 Å². The van der Waals surface area contributed by atoms with Gasteiger partial charge in [-0.15, -0.1) is 4.91 Å². The van der Waals surface area contributed by atoms with E-state index in [1.807, 2.05) is 0 Å². The van der Waals surface area contributed by atoms with E-state index < -0.39 is 5.24 Å². The molecule has 0 aliphatic rings. The number of rotatable bonds is 2. The molecule has 0 atom stereocenters. The van der Waals surface area contributed by atoms with Crippen molar-refractivity contribution in [3.8, 4) is 0 Å². The Bertz CT molecular complexity index is 298. The third kappa shape index (κ3) is 1.85. The molecule has 4 heteroatoms. The zero-order valence-electron chi connectivity index (χ0n) is 5.45. The zero-order valence-corrected chi connectivity index (χ0v) is 6.21. The normalized spacial score (nSPS) is 9.18. The van der Waals surface area contributed by atoms with Crippen LogP contribution in [0, 0.1) is 4.91 Å². The SMILES string of the molecule is O=Nc1cccc(C(=O)Cl)c1. The highest BCUT2D eigenvalue weighted by atomic mass is 35.5. The van der Waals surface area contributed by atoms with E-state index in [1.54, 1.807) is 6.07 Å². The van der Waals surface area contributed by atoms with Crippen molar-refractivity contribution in [2.24, 2.45) is 5.18 Å². The lowest BCUT2D eigenvalue weighted by Gasteiger charge is -1.91. The molecular weight excluding hydrogens is 166 g/mol. The zero-order chi connectivity index (χ0) is 8.27. The van der Waals surface area contributed by atoms with Crippen LogP contribution in [0.5, 0.6) is 0 Å². The fourth-order valence-electron chi connectivity index (χ4n) is 0.685. The van der Waals surface area contributed by atoms with Gasteiger partial charge in [-0.25, -0.2) is 0 Å². The molecule has 1 aromatic rings. The monoisotopic (exact) mass is 169 g/mol. The molecule has 0 unspecified atom stereocenters. The Morgan fingerprint density at radius 1 is 1.45 bits per heavy atom. The van der Waals surface area contributed by atoms with Crippen molar-refractivity contribution in [2.45, 2.75) is 0 Å². The summed E-state index contributed by atoms with van der Waals surface area (Å²) in [6.07, 6.45) is 0. The van der Waals surface area contributed by atoms with Crippen molar-refractivity contribution < 1.29 is 4.79 Å². The van der Waals surface area contributed by atoms with Crippen LogP contribution < -0.4 is 0 Å². The van der Waals surface area contributed by atoms with Gasteiger partial charge in [0.1, 0.15) is 5.69 Å². The molecule has 0 bridgehead atoms. The van der Waals surface area contributed by atoms with E-state index in [4.69, 9.17) is 11.6 Å². The van der Waals surface area contributed by atoms with Crippen molar-refractivity contribution in [3.05, 3.63) is 34.7 Å². The van der Waals surface area contributed by atoms with Gasteiger partial charge in [-0.3, -0.25) is 4.79 Å². The van der Waals surface area contributed by atoms with Crippen molar-refractivity contribution in [3.63, 3.8) is 0 Å². The number of carbonyl (C=O) groups excluding carboxylic acids is 1. The Morgan fingerprint density at radius 3 is 2.73 bits per heavy atom. The van der Waals surface area contributed by atoms with Gasteiger partial charge in [0.05, 0.1) is 0 Å². The Labute approximate surface area is 68.0 Å². The Kier molecular flexibility index (Phi) is 2.33. The number of carbonyl (C=O) groups is 1. The summed E-state index contributed by atoms with van der Waals surface area (Å²) in [6.45, 7) is 0. The standard InChI is InChI=1S/C7H4ClNO2/c8-7(10)5-2-1-3-6(4-5)9-11/h1-4H. The molecule has 0 saturated carbocycles. The van der Waals surface area contributed by atoms with E-state index in [0.717, 1.165) is 0 Å². The first-order valence-corrected chi connectivity index (χ1v) is 3.25. The maximum Gasteiger partial charge on any atom is 0.252 e. The van der Waals surface area contributed by atoms with Gasteiger partial charge >= 0.3 is 0 Å². The van der Waals surface area contributed by atoms with E-state index in [2.05, 4.69) is 5.18 Å². The molecule has 0 aromatic heterocycles. The Balaban J connectivity index is 3.10. The summed E-state index contributed by atoms with van der Waals surface area (Å²) in [4.78, 5) is 20.5. The van der Waals surface area contributed by atoms with Crippen LogP contribution in [0.1, 0.15) is 10.4 Å². The maximum absolute atomic E-state index is 10.5. The van der Waals surface area contributed by atoms with Gasteiger partial charge in [0.15, 0.2) is 0 Å². The molecule has 1 aromatic carbocycles. The maximum atomic E-state index is 10.5. The van der Waals surface area contributed by atoms with Crippen LogP contribution >= 0.6 is 11.6 Å². The highest BCUT2D eigenvalue weighted by Gasteiger charge is 2.01. The number of hydrogen-bond acceptors (Lipinski definition) is 3. The molecule has 1 rings (SSSR count). The Morgan fingerprint density at radius 2 is 2.18 bits per heavy atom. The molecule has 0 N–H and O–H groups in total. The molecule has 3 nitrogen and oxygen atoms in total. The van der Waals surface area contributed by atoms with Crippen molar-refractivity contribution >= 4 is 22.5 Å². The van der Waals surface area contributed by atoms with Crippen molar-refractivity contribution in [1.82, 2.24) is 0 Å². The van der Waals surface area contributed by atoms with Crippen LogP contribution in [-0.2, 0) is 0 Å². The molecule has 0 saturated heterocycles. The summed E-state index contributed by atoms with van der Waals surface area (Å²) < 4.78 is 0. The van der Waals surface area contributed by atoms with Gasteiger partial charge in [-0.05, 0) is 35.0 Å². The fraction of sp³-hybridized carbons (Fsp3) is 0. The summed E-state index contributed by atoms with van der Waals surface area (Å²) in [5, 5.41) is 2.07. The first-order chi connectivity index (χ1) is 5.24. The van der Waals surface area contributed by atoms with Gasteiger partial charge < -0.3 is 0 Å². The van der Waals surface area contributed by atoms with Gasteiger partial charge in [-0.1, -0.05) is 6.07 Å². The van der Waals surface area contributed by atoms with E-state index in [9.17, 15) is 9.70 Å². The van der Waals surface area contributed by atoms with E-state index in [-0.39, 0.29) is 11.3 Å². The predicted molar refractivity (Wildman–Crippen MR) is 42.1 cm³/mol. The van der Waals surface area contributed by atoms with E-state index >= 15 is 0 Å². The number of hydrogen-bond donors (Lipinski definition) is 0. The molecule has 0 aliphatic heterocycles. The van der Waals surface area contributed by atoms with Gasteiger partial charge in [0.25, 0.3) is 5.24 Å². The first-order valence-electron chi connectivity index (χ1n) is 2.87. The topological polar surface area (TPSA) is 46.5 Å². The lowest BCUT2D eigenvalue weighted by Crippen LogP contribution is -1.85. The molecule has 0 aliphatic carbocycles. The molecular formula is C7H4ClNO2. The predicted octanol–water partition coefficient (Wildman–Crippen LogP) is 2.46. The summed E-state index contributed by atoms with van der Waals surface area (Å²) >= 11 is 5.15. The third-order valence-corrected chi connectivity index (χ3v) is 1.40.